The third kappa shape index (κ3) is 4.50. The second kappa shape index (κ2) is 7.99. The van der Waals surface area contributed by atoms with Crippen molar-refractivity contribution in [2.24, 2.45) is 5.73 Å². The molecule has 3 heterocycles. The van der Waals surface area contributed by atoms with Crippen LogP contribution in [0.15, 0.2) is 24.7 Å². The number of halogens is 2. The Morgan fingerprint density at radius 3 is 3.00 bits per heavy atom. The van der Waals surface area contributed by atoms with Crippen LogP contribution in [0.2, 0.25) is 0 Å². The molecule has 1 unspecified atom stereocenters. The Hall–Kier alpha value is -3.21. The fourth-order valence-electron chi connectivity index (χ4n) is 2.49. The molecular weight excluding hydrogens is 360 g/mol. The lowest BCUT2D eigenvalue weighted by Crippen LogP contribution is -2.48. The number of hydrogen-bond acceptors (Lipinski definition) is 7. The second-order valence-corrected chi connectivity index (χ2v) is 5.74. The number of allylic oxidation sites excluding steroid dienone is 1. The number of anilines is 1. The molecule has 1 aliphatic heterocycles. The van der Waals surface area contributed by atoms with Crippen LogP contribution in [-0.4, -0.2) is 63.8 Å². The molecule has 0 radical (unpaired) electrons. The average Bonchev–Trinajstić information content (AvgIpc) is 3.15. The summed E-state index contributed by atoms with van der Waals surface area (Å²) in [6.45, 7) is 1.19. The molecule has 1 saturated heterocycles. The number of amides is 1. The van der Waals surface area contributed by atoms with Gasteiger partial charge in [0.2, 0.25) is 5.91 Å². The molecule has 11 heteroatoms. The number of nitrogens with one attached hydrogen (secondary N) is 2. The van der Waals surface area contributed by atoms with E-state index in [1.54, 1.807) is 6.07 Å². The number of alkyl halides is 2. The molecule has 9 nitrogen and oxygen atoms in total. The van der Waals surface area contributed by atoms with Gasteiger partial charge in [-0.3, -0.25) is 10.2 Å². The molecule has 1 amide bonds. The van der Waals surface area contributed by atoms with Crippen molar-refractivity contribution in [2.75, 3.05) is 24.6 Å². The minimum absolute atomic E-state index is 0.290. The molecule has 0 saturated carbocycles. The Kier molecular flexibility index (Phi) is 5.50. The van der Waals surface area contributed by atoms with Crippen LogP contribution in [0.25, 0.3) is 17.5 Å². The standard InChI is InChI=1S/C16H17F2N7O2/c17-15(18)9(19)1-2-13-21-6-11(24-13)10-5-14(23-8-22-10)25-3-4-27-12(7-25)16(20)26/h1-2,5-6,8,12,15,19H,3-4,7H2,(H2,20,26)(H,21,24)/b2-1-,19-9?. The van der Waals surface area contributed by atoms with Crippen molar-refractivity contribution in [1.29, 1.82) is 5.41 Å². The van der Waals surface area contributed by atoms with Gasteiger partial charge in [-0.25, -0.2) is 23.7 Å². The smallest absolute Gasteiger partial charge is 0.279 e. The molecule has 4 N–H and O–H groups in total. The van der Waals surface area contributed by atoms with E-state index in [-0.39, 0.29) is 0 Å². The van der Waals surface area contributed by atoms with Crippen molar-refractivity contribution in [1.82, 2.24) is 19.9 Å². The van der Waals surface area contributed by atoms with E-state index in [1.165, 1.54) is 18.6 Å². The summed E-state index contributed by atoms with van der Waals surface area (Å²) in [6.07, 6.45) is 1.62. The van der Waals surface area contributed by atoms with E-state index in [0.29, 0.717) is 42.7 Å². The second-order valence-electron chi connectivity index (χ2n) is 5.74. The van der Waals surface area contributed by atoms with Gasteiger partial charge in [-0.15, -0.1) is 0 Å². The first-order valence-electron chi connectivity index (χ1n) is 8.02. The number of aromatic amines is 1. The van der Waals surface area contributed by atoms with Gasteiger partial charge in [-0.05, 0) is 12.2 Å². The lowest BCUT2D eigenvalue weighted by Gasteiger charge is -2.32. The molecule has 0 bridgehead atoms. The number of carbonyl (C=O) groups is 1. The lowest BCUT2D eigenvalue weighted by atomic mass is 10.2. The Morgan fingerprint density at radius 2 is 2.26 bits per heavy atom. The van der Waals surface area contributed by atoms with Gasteiger partial charge in [0, 0.05) is 12.6 Å². The zero-order chi connectivity index (χ0) is 19.4. The van der Waals surface area contributed by atoms with Crippen LogP contribution < -0.4 is 10.6 Å². The predicted molar refractivity (Wildman–Crippen MR) is 93.5 cm³/mol. The molecule has 0 aromatic carbocycles. The number of H-pyrrole nitrogens is 1. The van der Waals surface area contributed by atoms with E-state index in [0.717, 1.165) is 6.08 Å². The lowest BCUT2D eigenvalue weighted by molar-refractivity contribution is -0.130. The highest BCUT2D eigenvalue weighted by Crippen LogP contribution is 2.21. The number of imidazole rings is 1. The number of nitrogens with two attached hydrogens (primary N) is 1. The van der Waals surface area contributed by atoms with Crippen molar-refractivity contribution in [3.05, 3.63) is 30.5 Å². The van der Waals surface area contributed by atoms with Gasteiger partial charge in [0.1, 0.15) is 18.0 Å². The maximum atomic E-state index is 12.3. The molecular formula is C16H17F2N7O2. The average molecular weight is 377 g/mol. The van der Waals surface area contributed by atoms with Crippen LogP contribution >= 0.6 is 0 Å². The molecule has 2 aromatic heterocycles. The monoisotopic (exact) mass is 377 g/mol. The summed E-state index contributed by atoms with van der Waals surface area (Å²) in [6, 6.07) is 1.71. The summed E-state index contributed by atoms with van der Waals surface area (Å²) in [5.74, 6) is 0.379. The van der Waals surface area contributed by atoms with E-state index in [2.05, 4.69) is 19.9 Å². The van der Waals surface area contributed by atoms with Gasteiger partial charge in [-0.1, -0.05) is 0 Å². The summed E-state index contributed by atoms with van der Waals surface area (Å²) in [5.41, 5.74) is 5.59. The molecule has 2 aromatic rings. The SMILES string of the molecule is N=C(/C=C\c1ncc(-c2cc(N3CCOC(C(N)=O)C3)ncn2)[nH]1)C(F)F. The van der Waals surface area contributed by atoms with E-state index in [9.17, 15) is 13.6 Å². The number of aromatic nitrogens is 4. The zero-order valence-electron chi connectivity index (χ0n) is 14.1. The van der Waals surface area contributed by atoms with Crippen molar-refractivity contribution in [3.8, 4) is 11.4 Å². The maximum absolute atomic E-state index is 12.3. The quantitative estimate of drug-likeness (QED) is 0.639. The number of primary amides is 1. The number of morpholine rings is 1. The third-order valence-corrected chi connectivity index (χ3v) is 3.89. The highest BCUT2D eigenvalue weighted by Gasteiger charge is 2.25. The number of nitrogens with zero attached hydrogens (tertiary/aromatic N) is 4. The van der Waals surface area contributed by atoms with Crippen LogP contribution in [-0.2, 0) is 9.53 Å². The molecule has 1 atom stereocenters. The van der Waals surface area contributed by atoms with Crippen molar-refractivity contribution in [2.45, 2.75) is 12.5 Å². The summed E-state index contributed by atoms with van der Waals surface area (Å²) >= 11 is 0. The highest BCUT2D eigenvalue weighted by molar-refractivity contribution is 5.97. The van der Waals surface area contributed by atoms with E-state index < -0.39 is 24.1 Å². The minimum atomic E-state index is -2.84. The van der Waals surface area contributed by atoms with Gasteiger partial charge < -0.3 is 20.4 Å². The van der Waals surface area contributed by atoms with E-state index in [1.807, 2.05) is 4.90 Å². The number of hydrogen-bond donors (Lipinski definition) is 3. The van der Waals surface area contributed by atoms with Gasteiger partial charge in [0.15, 0.2) is 6.10 Å². The van der Waals surface area contributed by atoms with Gasteiger partial charge in [0.25, 0.3) is 6.43 Å². The third-order valence-electron chi connectivity index (χ3n) is 3.89. The highest BCUT2D eigenvalue weighted by atomic mass is 19.3. The van der Waals surface area contributed by atoms with Gasteiger partial charge >= 0.3 is 0 Å². The fourth-order valence-corrected chi connectivity index (χ4v) is 2.49. The van der Waals surface area contributed by atoms with Crippen LogP contribution in [0, 0.1) is 5.41 Å². The largest absolute Gasteiger partial charge is 0.367 e. The first kappa shape index (κ1) is 18.6. The molecule has 1 aliphatic rings. The number of rotatable bonds is 6. The van der Waals surface area contributed by atoms with Crippen molar-refractivity contribution >= 4 is 23.5 Å². The van der Waals surface area contributed by atoms with Gasteiger partial charge in [0.05, 0.1) is 36.4 Å². The molecule has 0 aliphatic carbocycles. The molecule has 1 fully saturated rings. The summed E-state index contributed by atoms with van der Waals surface area (Å²) in [7, 11) is 0. The Morgan fingerprint density at radius 1 is 1.44 bits per heavy atom. The first-order valence-corrected chi connectivity index (χ1v) is 8.02. The topological polar surface area (TPSA) is 134 Å². The molecule has 142 valence electrons. The Bertz CT molecular complexity index is 868. The molecule has 27 heavy (non-hydrogen) atoms. The minimum Gasteiger partial charge on any atom is -0.367 e. The molecule has 0 spiro atoms. The van der Waals surface area contributed by atoms with E-state index >= 15 is 0 Å². The van der Waals surface area contributed by atoms with Gasteiger partial charge in [-0.2, -0.15) is 0 Å². The summed E-state index contributed by atoms with van der Waals surface area (Å²) in [4.78, 5) is 28.6. The van der Waals surface area contributed by atoms with Crippen LogP contribution in [0.3, 0.4) is 0 Å². The Labute approximate surface area is 152 Å². The van der Waals surface area contributed by atoms with Crippen molar-refractivity contribution < 1.29 is 18.3 Å². The van der Waals surface area contributed by atoms with E-state index in [4.69, 9.17) is 15.9 Å². The predicted octanol–water partition coefficient (Wildman–Crippen LogP) is 0.855. The normalized spacial score (nSPS) is 17.6. The fraction of sp³-hybridized carbons (Fsp3) is 0.312. The first-order chi connectivity index (χ1) is 12.9. The summed E-state index contributed by atoms with van der Waals surface area (Å²) < 4.78 is 30.0. The molecule has 3 rings (SSSR count). The maximum Gasteiger partial charge on any atom is 0.279 e. The Balaban J connectivity index is 1.76. The number of carbonyl (C=O) groups excluding carboxylic acids is 1. The summed E-state index contributed by atoms with van der Waals surface area (Å²) in [5, 5.41) is 7.10. The van der Waals surface area contributed by atoms with Crippen LogP contribution in [0.1, 0.15) is 5.82 Å². The van der Waals surface area contributed by atoms with Crippen LogP contribution in [0.5, 0.6) is 0 Å². The van der Waals surface area contributed by atoms with Crippen molar-refractivity contribution in [3.63, 3.8) is 0 Å². The zero-order valence-corrected chi connectivity index (χ0v) is 14.1. The number of ether oxygens (including phenoxy) is 1. The van der Waals surface area contributed by atoms with Crippen LogP contribution in [0.4, 0.5) is 14.6 Å².